The van der Waals surface area contributed by atoms with Gasteiger partial charge in [0.1, 0.15) is 6.17 Å². The molecule has 2 atom stereocenters. The van der Waals surface area contributed by atoms with Gasteiger partial charge in [-0.1, -0.05) is 6.07 Å². The number of carbonyl (C=O) groups is 1. The van der Waals surface area contributed by atoms with Crippen LogP contribution >= 0.6 is 11.3 Å². The first-order valence-electron chi connectivity index (χ1n) is 8.35. The summed E-state index contributed by atoms with van der Waals surface area (Å²) < 4.78 is 15.6. The number of nitrogens with zero attached hydrogens (tertiary/aromatic N) is 4. The fraction of sp³-hybridized carbons (Fsp3) is 0.529. The number of likely N-dealkylation sites (tertiary alicyclic amines) is 1. The minimum atomic E-state index is -0.833. The van der Waals surface area contributed by atoms with Crippen molar-refractivity contribution in [2.75, 3.05) is 25.5 Å². The average Bonchev–Trinajstić information content (AvgIpc) is 3.24. The molecule has 2 aromatic heterocycles. The molecule has 25 heavy (non-hydrogen) atoms. The summed E-state index contributed by atoms with van der Waals surface area (Å²) in [7, 11) is 3.57. The number of aromatic nitrogens is 2. The van der Waals surface area contributed by atoms with Crippen molar-refractivity contribution in [3.8, 4) is 0 Å². The Bertz CT molecular complexity index is 697. The standard InChI is InChI=1S/C17H24FN5OS/c1-12-7-16(20-22(12)3)19-17(24)21(2)10-14-8-13(18)9-23(14)11-15-5-4-6-25-15/h4-7,13-14H,8-11H2,1-3H3,(H,19,20,24)/t13-,14-/m0/s1. The molecule has 0 unspecified atom stereocenters. The Balaban J connectivity index is 1.58. The van der Waals surface area contributed by atoms with E-state index < -0.39 is 6.17 Å². The second-order valence-corrected chi connectivity index (χ2v) is 7.63. The summed E-state index contributed by atoms with van der Waals surface area (Å²) in [4.78, 5) is 17.3. The minimum Gasteiger partial charge on any atom is -0.326 e. The van der Waals surface area contributed by atoms with Crippen molar-refractivity contribution in [3.05, 3.63) is 34.2 Å². The molecule has 1 N–H and O–H groups in total. The predicted octanol–water partition coefficient (Wildman–Crippen LogP) is 2.87. The van der Waals surface area contributed by atoms with Gasteiger partial charge in [-0.05, 0) is 24.8 Å². The maximum atomic E-state index is 13.9. The summed E-state index contributed by atoms with van der Waals surface area (Å²) in [6.07, 6.45) is -0.369. The van der Waals surface area contributed by atoms with Gasteiger partial charge in [-0.3, -0.25) is 14.9 Å². The number of hydrogen-bond acceptors (Lipinski definition) is 4. The molecule has 8 heteroatoms. The molecule has 1 fully saturated rings. The van der Waals surface area contributed by atoms with Crippen LogP contribution in [0.1, 0.15) is 17.0 Å². The van der Waals surface area contributed by atoms with E-state index in [1.54, 1.807) is 28.0 Å². The molecule has 0 aromatic carbocycles. The van der Waals surface area contributed by atoms with Crippen LogP contribution in [0.2, 0.25) is 0 Å². The minimum absolute atomic E-state index is 0.0262. The first-order chi connectivity index (χ1) is 11.9. The number of amides is 2. The Morgan fingerprint density at radius 2 is 2.36 bits per heavy atom. The molecule has 1 aliphatic heterocycles. The van der Waals surface area contributed by atoms with Gasteiger partial charge in [0.05, 0.1) is 0 Å². The number of nitrogens with one attached hydrogen (secondary N) is 1. The van der Waals surface area contributed by atoms with Gasteiger partial charge in [0.15, 0.2) is 5.82 Å². The van der Waals surface area contributed by atoms with Crippen molar-refractivity contribution in [2.45, 2.75) is 32.1 Å². The fourth-order valence-electron chi connectivity index (χ4n) is 3.13. The van der Waals surface area contributed by atoms with E-state index in [-0.39, 0.29) is 12.1 Å². The van der Waals surface area contributed by atoms with Crippen LogP contribution in [0.4, 0.5) is 15.0 Å². The van der Waals surface area contributed by atoms with Gasteiger partial charge in [-0.2, -0.15) is 5.10 Å². The zero-order valence-corrected chi connectivity index (χ0v) is 15.6. The van der Waals surface area contributed by atoms with Crippen LogP contribution in [0.5, 0.6) is 0 Å². The maximum Gasteiger partial charge on any atom is 0.322 e. The summed E-state index contributed by atoms with van der Waals surface area (Å²) in [5.74, 6) is 0.530. The lowest BCUT2D eigenvalue weighted by Gasteiger charge is -2.28. The normalized spacial score (nSPS) is 20.8. The molecule has 2 amide bonds. The van der Waals surface area contributed by atoms with Gasteiger partial charge in [-0.25, -0.2) is 9.18 Å². The van der Waals surface area contributed by atoms with E-state index in [9.17, 15) is 9.18 Å². The van der Waals surface area contributed by atoms with Crippen molar-refractivity contribution in [3.63, 3.8) is 0 Å². The zero-order valence-electron chi connectivity index (χ0n) is 14.8. The van der Waals surface area contributed by atoms with Gasteiger partial charge in [0.25, 0.3) is 0 Å². The molecule has 1 saturated heterocycles. The number of carbonyl (C=O) groups excluding carboxylic acids is 1. The molecule has 3 rings (SSSR count). The third kappa shape index (κ3) is 4.38. The third-order valence-corrected chi connectivity index (χ3v) is 5.46. The second kappa shape index (κ2) is 7.53. The Hall–Kier alpha value is -1.93. The first-order valence-corrected chi connectivity index (χ1v) is 9.23. The van der Waals surface area contributed by atoms with E-state index in [1.165, 1.54) is 4.88 Å². The van der Waals surface area contributed by atoms with Gasteiger partial charge < -0.3 is 4.90 Å². The van der Waals surface area contributed by atoms with Crippen molar-refractivity contribution in [1.29, 1.82) is 0 Å². The second-order valence-electron chi connectivity index (χ2n) is 6.60. The van der Waals surface area contributed by atoms with Gasteiger partial charge >= 0.3 is 6.03 Å². The highest BCUT2D eigenvalue weighted by atomic mass is 32.1. The van der Waals surface area contributed by atoms with E-state index in [1.807, 2.05) is 31.5 Å². The van der Waals surface area contributed by atoms with Crippen LogP contribution in [-0.2, 0) is 13.6 Å². The highest BCUT2D eigenvalue weighted by Gasteiger charge is 2.33. The third-order valence-electron chi connectivity index (χ3n) is 4.60. The van der Waals surface area contributed by atoms with E-state index in [4.69, 9.17) is 0 Å². The van der Waals surface area contributed by atoms with Crippen LogP contribution < -0.4 is 5.32 Å². The van der Waals surface area contributed by atoms with Crippen molar-refractivity contribution in [1.82, 2.24) is 19.6 Å². The molecule has 2 aromatic rings. The number of halogens is 1. The lowest BCUT2D eigenvalue weighted by Crippen LogP contribution is -2.42. The van der Waals surface area contributed by atoms with Crippen LogP contribution in [0.15, 0.2) is 23.6 Å². The quantitative estimate of drug-likeness (QED) is 0.886. The number of hydrogen-bond donors (Lipinski definition) is 1. The number of urea groups is 1. The molecule has 3 heterocycles. The van der Waals surface area contributed by atoms with E-state index in [0.717, 1.165) is 12.2 Å². The lowest BCUT2D eigenvalue weighted by atomic mass is 10.2. The fourth-order valence-corrected chi connectivity index (χ4v) is 3.86. The van der Waals surface area contributed by atoms with Gasteiger partial charge in [0, 0.05) is 56.4 Å². The molecule has 1 aliphatic rings. The van der Waals surface area contributed by atoms with E-state index >= 15 is 0 Å². The van der Waals surface area contributed by atoms with E-state index in [2.05, 4.69) is 21.4 Å². The molecule has 0 aliphatic carbocycles. The maximum absolute atomic E-state index is 13.9. The highest BCUT2D eigenvalue weighted by molar-refractivity contribution is 7.09. The van der Waals surface area contributed by atoms with Crippen molar-refractivity contribution >= 4 is 23.2 Å². The molecule has 0 spiro atoms. The smallest absolute Gasteiger partial charge is 0.322 e. The van der Waals surface area contributed by atoms with Crippen molar-refractivity contribution in [2.24, 2.45) is 7.05 Å². The average molecular weight is 365 g/mol. The summed E-state index contributed by atoms with van der Waals surface area (Å²) in [5, 5.41) is 9.05. The molecule has 0 radical (unpaired) electrons. The van der Waals surface area contributed by atoms with E-state index in [0.29, 0.717) is 25.3 Å². The summed E-state index contributed by atoms with van der Waals surface area (Å²) in [6, 6.07) is 5.69. The zero-order chi connectivity index (χ0) is 18.0. The number of anilines is 1. The number of alkyl halides is 1. The number of aryl methyl sites for hydroxylation is 2. The van der Waals surface area contributed by atoms with Gasteiger partial charge in [-0.15, -0.1) is 11.3 Å². The highest BCUT2D eigenvalue weighted by Crippen LogP contribution is 2.25. The van der Waals surface area contributed by atoms with Crippen LogP contribution in [-0.4, -0.2) is 58.0 Å². The molecular weight excluding hydrogens is 341 g/mol. The largest absolute Gasteiger partial charge is 0.326 e. The first kappa shape index (κ1) is 17.9. The molecule has 136 valence electrons. The van der Waals surface area contributed by atoms with Crippen molar-refractivity contribution < 1.29 is 9.18 Å². The van der Waals surface area contributed by atoms with Crippen LogP contribution in [0.25, 0.3) is 0 Å². The Kier molecular flexibility index (Phi) is 5.39. The lowest BCUT2D eigenvalue weighted by molar-refractivity contribution is 0.183. The summed E-state index contributed by atoms with van der Waals surface area (Å²) in [6.45, 7) is 3.58. The summed E-state index contributed by atoms with van der Waals surface area (Å²) >= 11 is 1.68. The molecular formula is C17H24FN5OS. The topological polar surface area (TPSA) is 53.4 Å². The monoisotopic (exact) mass is 365 g/mol. The SMILES string of the molecule is Cc1cc(NC(=O)N(C)C[C@@H]2C[C@H](F)CN2Cc2cccs2)nn1C. The Labute approximate surface area is 151 Å². The number of rotatable bonds is 5. The molecule has 0 bridgehead atoms. The van der Waals surface area contributed by atoms with Crippen LogP contribution in [0, 0.1) is 6.92 Å². The number of likely N-dealkylation sites (N-methyl/N-ethyl adjacent to an activating group) is 1. The predicted molar refractivity (Wildman–Crippen MR) is 97.6 cm³/mol. The van der Waals surface area contributed by atoms with Crippen LogP contribution in [0.3, 0.4) is 0 Å². The number of thiophene rings is 1. The molecule has 6 nitrogen and oxygen atoms in total. The Morgan fingerprint density at radius 1 is 1.56 bits per heavy atom. The van der Waals surface area contributed by atoms with Gasteiger partial charge in [0.2, 0.25) is 0 Å². The Morgan fingerprint density at radius 3 is 3.00 bits per heavy atom. The molecule has 0 saturated carbocycles. The summed E-state index contributed by atoms with van der Waals surface area (Å²) in [5.41, 5.74) is 0.969.